The second kappa shape index (κ2) is 6.74. The Kier molecular flexibility index (Phi) is 4.37. The third kappa shape index (κ3) is 3.12. The highest BCUT2D eigenvalue weighted by atomic mass is 19.1. The van der Waals surface area contributed by atoms with E-state index in [9.17, 15) is 18.8 Å². The van der Waals surface area contributed by atoms with Crippen molar-refractivity contribution in [2.75, 3.05) is 0 Å². The Bertz CT molecular complexity index is 1170. The van der Waals surface area contributed by atoms with Gasteiger partial charge in [0.15, 0.2) is 11.2 Å². The van der Waals surface area contributed by atoms with E-state index in [0.29, 0.717) is 6.54 Å². The molecule has 28 heavy (non-hydrogen) atoms. The number of nitrogens with zero attached hydrogens (tertiary/aromatic N) is 5. The van der Waals surface area contributed by atoms with Gasteiger partial charge in [-0.25, -0.2) is 18.7 Å². The van der Waals surface area contributed by atoms with Gasteiger partial charge in [0.1, 0.15) is 12.4 Å². The first-order valence-corrected chi connectivity index (χ1v) is 9.01. The molecule has 4 rings (SSSR count). The van der Waals surface area contributed by atoms with Crippen molar-refractivity contribution in [3.8, 4) is 0 Å². The van der Waals surface area contributed by atoms with Gasteiger partial charge in [-0.2, -0.15) is 0 Å². The smallest absolute Gasteiger partial charge is 0.332 e. The first kappa shape index (κ1) is 18.1. The predicted octanol–water partition coefficient (Wildman–Crippen LogP) is 0.764. The molecular weight excluding hydrogens is 365 g/mol. The topological polar surface area (TPSA) is 82.1 Å². The molecule has 146 valence electrons. The van der Waals surface area contributed by atoms with Crippen LogP contribution in [-0.2, 0) is 32.0 Å². The van der Waals surface area contributed by atoms with Gasteiger partial charge in [-0.3, -0.25) is 14.2 Å². The third-order valence-electron chi connectivity index (χ3n) is 5.07. The van der Waals surface area contributed by atoms with Crippen LogP contribution < -0.4 is 11.2 Å². The molecule has 0 spiro atoms. The second-order valence-corrected chi connectivity index (χ2v) is 7.14. The number of carbonyl (C=O) groups excluding carboxylic acids is 1. The molecule has 0 saturated heterocycles. The highest BCUT2D eigenvalue weighted by Gasteiger charge is 2.33. The van der Waals surface area contributed by atoms with E-state index in [1.165, 1.54) is 34.6 Å². The summed E-state index contributed by atoms with van der Waals surface area (Å²) in [6, 6.07) is 6.04. The molecule has 0 unspecified atom stereocenters. The Morgan fingerprint density at radius 3 is 2.54 bits per heavy atom. The summed E-state index contributed by atoms with van der Waals surface area (Å²) in [7, 11) is 3.19. The third-order valence-corrected chi connectivity index (χ3v) is 5.07. The van der Waals surface area contributed by atoms with E-state index in [-0.39, 0.29) is 35.5 Å². The Morgan fingerprint density at radius 1 is 1.21 bits per heavy atom. The molecule has 0 N–H and O–H groups in total. The van der Waals surface area contributed by atoms with Gasteiger partial charge in [-0.05, 0) is 30.5 Å². The first-order valence-electron chi connectivity index (χ1n) is 9.01. The summed E-state index contributed by atoms with van der Waals surface area (Å²) >= 11 is 0. The second-order valence-electron chi connectivity index (χ2n) is 7.14. The molecule has 0 aliphatic heterocycles. The number of benzene rings is 1. The summed E-state index contributed by atoms with van der Waals surface area (Å²) < 4.78 is 16.9. The van der Waals surface area contributed by atoms with Crippen LogP contribution in [0.15, 0.2) is 40.2 Å². The van der Waals surface area contributed by atoms with Crippen molar-refractivity contribution in [1.82, 2.24) is 23.6 Å². The Morgan fingerprint density at radius 2 is 1.89 bits per heavy atom. The number of fused-ring (bicyclic) bond motifs is 1. The largest absolute Gasteiger partial charge is 0.334 e. The number of amides is 1. The van der Waals surface area contributed by atoms with Gasteiger partial charge in [0.25, 0.3) is 5.56 Å². The number of carbonyl (C=O) groups is 1. The van der Waals surface area contributed by atoms with Gasteiger partial charge in [-0.1, -0.05) is 12.1 Å². The molecule has 2 heterocycles. The van der Waals surface area contributed by atoms with Crippen molar-refractivity contribution in [2.45, 2.75) is 32.0 Å². The fraction of sp³-hybridized carbons (Fsp3) is 0.368. The van der Waals surface area contributed by atoms with E-state index in [1.54, 1.807) is 24.1 Å². The normalized spacial score (nSPS) is 13.8. The molecule has 3 aromatic rings. The van der Waals surface area contributed by atoms with Crippen LogP contribution in [0.25, 0.3) is 11.2 Å². The standard InChI is InChI=1S/C19H20FN5O3/c1-22-11-21-17-16(22)18(27)25(19(28)23(17)2)10-15(26)24(14-7-8-14)9-12-3-5-13(20)6-4-12/h3-6,11,14H,7-10H2,1-2H3. The van der Waals surface area contributed by atoms with E-state index in [4.69, 9.17) is 0 Å². The zero-order valence-corrected chi connectivity index (χ0v) is 15.6. The number of rotatable bonds is 5. The van der Waals surface area contributed by atoms with E-state index in [0.717, 1.165) is 23.0 Å². The van der Waals surface area contributed by atoms with Crippen LogP contribution in [0.2, 0.25) is 0 Å². The molecule has 2 aromatic heterocycles. The number of aromatic nitrogens is 4. The highest BCUT2D eigenvalue weighted by molar-refractivity contribution is 5.77. The van der Waals surface area contributed by atoms with Crippen molar-refractivity contribution in [2.24, 2.45) is 14.1 Å². The maximum Gasteiger partial charge on any atom is 0.332 e. The SMILES string of the molecule is Cn1cnc2c1c(=O)n(CC(=O)N(Cc1ccc(F)cc1)C1CC1)c(=O)n2C. The lowest BCUT2D eigenvalue weighted by Crippen LogP contribution is -2.45. The van der Waals surface area contributed by atoms with Gasteiger partial charge in [0, 0.05) is 26.7 Å². The summed E-state index contributed by atoms with van der Waals surface area (Å²) in [5, 5.41) is 0. The molecule has 1 aliphatic carbocycles. The average Bonchev–Trinajstić information content (AvgIpc) is 3.44. The number of aryl methyl sites for hydroxylation is 2. The van der Waals surface area contributed by atoms with Gasteiger partial charge >= 0.3 is 5.69 Å². The van der Waals surface area contributed by atoms with Gasteiger partial charge < -0.3 is 9.47 Å². The maximum absolute atomic E-state index is 13.1. The summed E-state index contributed by atoms with van der Waals surface area (Å²) in [5.41, 5.74) is 0.230. The Hall–Kier alpha value is -3.23. The predicted molar refractivity (Wildman–Crippen MR) is 100 cm³/mol. The van der Waals surface area contributed by atoms with Crippen molar-refractivity contribution >= 4 is 17.1 Å². The molecule has 8 nitrogen and oxygen atoms in total. The fourth-order valence-electron chi connectivity index (χ4n) is 3.36. The van der Waals surface area contributed by atoms with Crippen molar-refractivity contribution in [1.29, 1.82) is 0 Å². The van der Waals surface area contributed by atoms with Crippen LogP contribution in [0.4, 0.5) is 4.39 Å². The first-order chi connectivity index (χ1) is 13.4. The van der Waals surface area contributed by atoms with Crippen LogP contribution in [0.1, 0.15) is 18.4 Å². The van der Waals surface area contributed by atoms with E-state index in [1.807, 2.05) is 0 Å². The zero-order chi connectivity index (χ0) is 20.0. The summed E-state index contributed by atoms with van der Waals surface area (Å²) in [4.78, 5) is 44.1. The number of imidazole rings is 1. The lowest BCUT2D eigenvalue weighted by molar-refractivity contribution is -0.133. The van der Waals surface area contributed by atoms with Crippen LogP contribution in [0, 0.1) is 5.82 Å². The molecule has 0 radical (unpaired) electrons. The van der Waals surface area contributed by atoms with Crippen molar-refractivity contribution < 1.29 is 9.18 Å². The van der Waals surface area contributed by atoms with Crippen LogP contribution >= 0.6 is 0 Å². The van der Waals surface area contributed by atoms with E-state index >= 15 is 0 Å². The Labute approximate surface area is 159 Å². The van der Waals surface area contributed by atoms with Crippen LogP contribution in [-0.4, -0.2) is 35.5 Å². The summed E-state index contributed by atoms with van der Waals surface area (Å²) in [6.45, 7) is -0.0306. The van der Waals surface area contributed by atoms with Crippen molar-refractivity contribution in [3.63, 3.8) is 0 Å². The molecule has 0 atom stereocenters. The number of hydrogen-bond donors (Lipinski definition) is 0. The molecule has 1 amide bonds. The average molecular weight is 385 g/mol. The molecule has 9 heteroatoms. The molecule has 1 aliphatic rings. The maximum atomic E-state index is 13.1. The molecule has 1 fully saturated rings. The fourth-order valence-corrected chi connectivity index (χ4v) is 3.36. The highest BCUT2D eigenvalue weighted by Crippen LogP contribution is 2.28. The minimum absolute atomic E-state index is 0.0811. The quantitative estimate of drug-likeness (QED) is 0.649. The monoisotopic (exact) mass is 385 g/mol. The summed E-state index contributed by atoms with van der Waals surface area (Å²) in [6.07, 6.45) is 3.21. The van der Waals surface area contributed by atoms with Gasteiger partial charge in [0.2, 0.25) is 5.91 Å². The van der Waals surface area contributed by atoms with Gasteiger partial charge in [-0.15, -0.1) is 0 Å². The molecule has 0 bridgehead atoms. The van der Waals surface area contributed by atoms with Crippen LogP contribution in [0.3, 0.4) is 0 Å². The number of hydrogen-bond acceptors (Lipinski definition) is 4. The lowest BCUT2D eigenvalue weighted by Gasteiger charge is -2.23. The van der Waals surface area contributed by atoms with Crippen LogP contribution in [0.5, 0.6) is 0 Å². The minimum Gasteiger partial charge on any atom is -0.334 e. The summed E-state index contributed by atoms with van der Waals surface area (Å²) in [5.74, 6) is -0.653. The minimum atomic E-state index is -0.581. The zero-order valence-electron chi connectivity index (χ0n) is 15.6. The van der Waals surface area contributed by atoms with E-state index in [2.05, 4.69) is 4.98 Å². The van der Waals surface area contributed by atoms with Gasteiger partial charge in [0.05, 0.1) is 6.33 Å². The van der Waals surface area contributed by atoms with E-state index < -0.39 is 11.2 Å². The molecule has 1 aromatic carbocycles. The number of halogens is 1. The molecule has 1 saturated carbocycles. The van der Waals surface area contributed by atoms with Crippen molar-refractivity contribution in [3.05, 3.63) is 62.8 Å². The Balaban J connectivity index is 1.66. The molecular formula is C19H20FN5O3. The lowest BCUT2D eigenvalue weighted by atomic mass is 10.2.